The molecule has 0 bridgehead atoms. The summed E-state index contributed by atoms with van der Waals surface area (Å²) in [5.41, 5.74) is 2.17. The maximum atomic E-state index is 13.1. The van der Waals surface area contributed by atoms with Crippen LogP contribution in [0, 0.1) is 0 Å². The molecular weight excluding hydrogens is 311 g/mol. The Kier molecular flexibility index (Phi) is 6.70. The topological polar surface area (TPSA) is 20.2 Å². The monoisotopic (exact) mass is 354 g/mol. The molecule has 3 aliphatic carbocycles. The first kappa shape index (κ1) is 19.2. The van der Waals surface area contributed by atoms with E-state index in [1.165, 1.54) is 115 Å². The summed E-state index contributed by atoms with van der Waals surface area (Å²) in [6, 6.07) is 0. The van der Waals surface area contributed by atoms with Crippen molar-refractivity contribution in [1.29, 1.82) is 0 Å². The Hall–Kier alpha value is 0.390. The van der Waals surface area contributed by atoms with Crippen molar-refractivity contribution in [2.24, 2.45) is 0 Å². The van der Waals surface area contributed by atoms with Crippen molar-refractivity contribution < 1.29 is 4.89 Å². The minimum atomic E-state index is -2.62. The van der Waals surface area contributed by atoms with Gasteiger partial charge in [0.2, 0.25) is 0 Å². The molecule has 0 unspecified atom stereocenters. The van der Waals surface area contributed by atoms with E-state index in [4.69, 9.17) is 0 Å². The summed E-state index contributed by atoms with van der Waals surface area (Å²) < 4.78 is 0. The molecule has 1 N–H and O–H groups in total. The molecule has 24 heavy (non-hydrogen) atoms. The van der Waals surface area contributed by atoms with E-state index >= 15 is 0 Å². The maximum absolute atomic E-state index is 13.1. The summed E-state index contributed by atoms with van der Waals surface area (Å²) in [5.74, 6) is 0. The molecule has 0 radical (unpaired) electrons. The summed E-state index contributed by atoms with van der Waals surface area (Å²) in [5, 5.41) is 0. The van der Waals surface area contributed by atoms with Crippen LogP contribution in [-0.4, -0.2) is 28.0 Å². The van der Waals surface area contributed by atoms with Gasteiger partial charge in [-0.2, -0.15) is 0 Å². The van der Waals surface area contributed by atoms with Crippen molar-refractivity contribution in [3.8, 4) is 0 Å². The van der Waals surface area contributed by atoms with Crippen LogP contribution in [0.15, 0.2) is 0 Å². The standard InChI is InChI=1S/C22H43OP/c1-2-3-19-24(23,20-13-7-4-8-14-20,21-15-9-5-10-16-21)22-17-11-6-12-18-22/h20-23H,2-19H2,1H3. The van der Waals surface area contributed by atoms with E-state index in [0.29, 0.717) is 0 Å². The molecule has 0 aromatic carbocycles. The molecule has 142 valence electrons. The fourth-order valence-corrected chi connectivity index (χ4v) is 15.5. The van der Waals surface area contributed by atoms with Gasteiger partial charge in [0.15, 0.2) is 0 Å². The molecule has 0 aromatic rings. The second kappa shape index (κ2) is 8.39. The van der Waals surface area contributed by atoms with Crippen molar-refractivity contribution in [2.75, 3.05) is 6.16 Å². The zero-order chi connectivity index (χ0) is 16.9. The van der Waals surface area contributed by atoms with Crippen LogP contribution in [0.4, 0.5) is 0 Å². The van der Waals surface area contributed by atoms with Crippen LogP contribution in [0.2, 0.25) is 0 Å². The van der Waals surface area contributed by atoms with Crippen molar-refractivity contribution in [2.45, 2.75) is 133 Å². The minimum absolute atomic E-state index is 0.725. The molecule has 2 heteroatoms. The van der Waals surface area contributed by atoms with E-state index in [9.17, 15) is 4.89 Å². The quantitative estimate of drug-likeness (QED) is 0.498. The zero-order valence-electron chi connectivity index (χ0n) is 16.4. The first-order valence-electron chi connectivity index (χ1n) is 11.4. The van der Waals surface area contributed by atoms with Crippen LogP contribution in [0.3, 0.4) is 0 Å². The molecule has 3 saturated carbocycles. The van der Waals surface area contributed by atoms with Crippen molar-refractivity contribution in [1.82, 2.24) is 0 Å². The Labute approximate surface area is 151 Å². The molecule has 0 amide bonds. The second-order valence-corrected chi connectivity index (χ2v) is 15.0. The van der Waals surface area contributed by atoms with Crippen LogP contribution < -0.4 is 0 Å². The summed E-state index contributed by atoms with van der Waals surface area (Å²) in [4.78, 5) is 13.1. The molecule has 0 aromatic heterocycles. The SMILES string of the molecule is CCCCP(O)(C1CCCCC1)(C1CCCCC1)C1CCCCC1. The van der Waals surface area contributed by atoms with Crippen LogP contribution >= 0.6 is 6.83 Å². The predicted molar refractivity (Wildman–Crippen MR) is 110 cm³/mol. The zero-order valence-corrected chi connectivity index (χ0v) is 17.2. The van der Waals surface area contributed by atoms with Crippen molar-refractivity contribution >= 4 is 6.83 Å². The van der Waals surface area contributed by atoms with Gasteiger partial charge in [0, 0.05) is 0 Å². The molecule has 3 fully saturated rings. The molecule has 3 rings (SSSR count). The average Bonchev–Trinajstić information content (AvgIpc) is 2.68. The van der Waals surface area contributed by atoms with Gasteiger partial charge in [-0.05, 0) is 0 Å². The summed E-state index contributed by atoms with van der Waals surface area (Å²) in [6.45, 7) is -0.285. The number of unbranched alkanes of at least 4 members (excludes halogenated alkanes) is 1. The molecule has 1 nitrogen and oxygen atoms in total. The second-order valence-electron chi connectivity index (χ2n) is 9.44. The Balaban J connectivity index is 1.99. The summed E-state index contributed by atoms with van der Waals surface area (Å²) >= 11 is 0. The normalized spacial score (nSPS) is 27.7. The van der Waals surface area contributed by atoms with Crippen LogP contribution in [0.5, 0.6) is 0 Å². The van der Waals surface area contributed by atoms with Gasteiger partial charge in [-0.1, -0.05) is 0 Å². The molecular formula is C22H43OP. The molecule has 0 spiro atoms. The van der Waals surface area contributed by atoms with Crippen molar-refractivity contribution in [3.05, 3.63) is 0 Å². The Morgan fingerprint density at radius 1 is 0.625 bits per heavy atom. The van der Waals surface area contributed by atoms with Crippen molar-refractivity contribution in [3.63, 3.8) is 0 Å². The van der Waals surface area contributed by atoms with E-state index in [1.54, 1.807) is 0 Å². The Morgan fingerprint density at radius 2 is 0.958 bits per heavy atom. The van der Waals surface area contributed by atoms with Gasteiger partial charge in [-0.15, -0.1) is 0 Å². The van der Waals surface area contributed by atoms with Crippen LogP contribution in [0.25, 0.3) is 0 Å². The molecule has 0 atom stereocenters. The first-order chi connectivity index (χ1) is 11.7. The Bertz CT molecular complexity index is 327. The predicted octanol–water partition coefficient (Wildman–Crippen LogP) is 7.25. The summed E-state index contributed by atoms with van der Waals surface area (Å²) in [7, 11) is 0. The van der Waals surface area contributed by atoms with Gasteiger partial charge in [0.1, 0.15) is 0 Å². The third-order valence-electron chi connectivity index (χ3n) is 8.25. The first-order valence-corrected chi connectivity index (χ1v) is 14.0. The molecule has 0 heterocycles. The van der Waals surface area contributed by atoms with Gasteiger partial charge >= 0.3 is 151 Å². The van der Waals surface area contributed by atoms with Gasteiger partial charge in [0.25, 0.3) is 0 Å². The number of rotatable bonds is 6. The third kappa shape index (κ3) is 3.46. The molecule has 3 aliphatic rings. The van der Waals surface area contributed by atoms with Crippen LogP contribution in [-0.2, 0) is 0 Å². The third-order valence-corrected chi connectivity index (χ3v) is 16.2. The average molecular weight is 355 g/mol. The van der Waals surface area contributed by atoms with Gasteiger partial charge in [-0.25, -0.2) is 0 Å². The fraction of sp³-hybridized carbons (Fsp3) is 1.00. The van der Waals surface area contributed by atoms with Gasteiger partial charge in [-0.3, -0.25) is 0 Å². The van der Waals surface area contributed by atoms with Crippen LogP contribution in [0.1, 0.15) is 116 Å². The van der Waals surface area contributed by atoms with E-state index in [-0.39, 0.29) is 0 Å². The van der Waals surface area contributed by atoms with Gasteiger partial charge in [0.05, 0.1) is 0 Å². The Morgan fingerprint density at radius 3 is 1.25 bits per heavy atom. The fourth-order valence-electron chi connectivity index (χ4n) is 6.98. The molecule has 0 aliphatic heterocycles. The van der Waals surface area contributed by atoms with Gasteiger partial charge < -0.3 is 0 Å². The number of hydrogen-bond acceptors (Lipinski definition) is 1. The summed E-state index contributed by atoms with van der Waals surface area (Å²) in [6.07, 6.45) is 24.6. The van der Waals surface area contributed by atoms with E-state index in [1.807, 2.05) is 0 Å². The number of hydrogen-bond donors (Lipinski definition) is 1. The van der Waals surface area contributed by atoms with E-state index in [0.717, 1.165) is 17.0 Å². The molecule has 0 saturated heterocycles. The van der Waals surface area contributed by atoms with E-state index < -0.39 is 6.83 Å². The van der Waals surface area contributed by atoms with E-state index in [2.05, 4.69) is 6.92 Å².